The normalized spacial score (nSPS) is 13.9. The predicted octanol–water partition coefficient (Wildman–Crippen LogP) is 3.21. The second-order valence-electron chi connectivity index (χ2n) is 7.23. The summed E-state index contributed by atoms with van der Waals surface area (Å²) in [6.07, 6.45) is 0.686. The Morgan fingerprint density at radius 1 is 1.31 bits per heavy atom. The highest BCUT2D eigenvalue weighted by Crippen LogP contribution is 2.29. The number of nitrogens with one attached hydrogen (secondary N) is 1. The molecule has 29 heavy (non-hydrogen) atoms. The summed E-state index contributed by atoms with van der Waals surface area (Å²) in [7, 11) is 0. The van der Waals surface area contributed by atoms with Gasteiger partial charge in [0.25, 0.3) is 11.5 Å². The van der Waals surface area contributed by atoms with E-state index in [9.17, 15) is 14.4 Å². The average Bonchev–Trinajstić information content (AvgIpc) is 3.27. The summed E-state index contributed by atoms with van der Waals surface area (Å²) in [5, 5.41) is 3.20. The summed E-state index contributed by atoms with van der Waals surface area (Å²) in [5.41, 5.74) is 2.10. The summed E-state index contributed by atoms with van der Waals surface area (Å²) in [6.45, 7) is 5.82. The molecule has 0 spiro atoms. The van der Waals surface area contributed by atoms with Crippen LogP contribution < -0.4 is 10.9 Å². The van der Waals surface area contributed by atoms with E-state index in [4.69, 9.17) is 4.74 Å². The van der Waals surface area contributed by atoms with E-state index in [1.807, 2.05) is 25.1 Å². The maximum Gasteiger partial charge on any atom is 0.349 e. The third kappa shape index (κ3) is 3.55. The number of nitrogens with zero attached hydrogens (tertiary/aromatic N) is 2. The Hall–Kier alpha value is -3.00. The summed E-state index contributed by atoms with van der Waals surface area (Å²) in [5.74, 6) is -0.281. The monoisotopic (exact) mass is 411 g/mol. The third-order valence-electron chi connectivity index (χ3n) is 5.04. The smallest absolute Gasteiger partial charge is 0.349 e. The van der Waals surface area contributed by atoms with Crippen LogP contribution in [0.15, 0.2) is 29.1 Å². The van der Waals surface area contributed by atoms with Gasteiger partial charge in [-0.05, 0) is 50.5 Å². The van der Waals surface area contributed by atoms with Gasteiger partial charge in [0.05, 0.1) is 5.39 Å². The fraction of sp³-hybridized carbons (Fsp3) is 0.333. The standard InChI is InChI=1S/C21H21N3O4S/c1-11-6-4-7-14(10-11)22-18(25)13(3)28-21(27)17-12(2)16-19(29-17)23-15-8-5-9-24(15)20(16)26/h4,6-7,10,13H,5,8-9H2,1-3H3,(H,22,25)/t13-/m1/s1. The van der Waals surface area contributed by atoms with Crippen molar-refractivity contribution in [1.29, 1.82) is 0 Å². The number of fused-ring (bicyclic) bond motifs is 2. The second-order valence-corrected chi connectivity index (χ2v) is 8.23. The zero-order valence-electron chi connectivity index (χ0n) is 16.4. The molecule has 1 amide bonds. The Labute approximate surface area is 171 Å². The van der Waals surface area contributed by atoms with Crippen LogP contribution in [0.2, 0.25) is 0 Å². The summed E-state index contributed by atoms with van der Waals surface area (Å²) in [6, 6.07) is 7.37. The Balaban J connectivity index is 1.54. The number of thiophene rings is 1. The van der Waals surface area contributed by atoms with Crippen molar-refractivity contribution in [2.24, 2.45) is 0 Å². The first kappa shape index (κ1) is 19.3. The number of anilines is 1. The molecule has 4 rings (SSSR count). The van der Waals surface area contributed by atoms with Crippen molar-refractivity contribution in [3.05, 3.63) is 56.4 Å². The summed E-state index contributed by atoms with van der Waals surface area (Å²) >= 11 is 1.14. The number of carbonyl (C=O) groups is 2. The van der Waals surface area contributed by atoms with Gasteiger partial charge in [-0.1, -0.05) is 12.1 Å². The van der Waals surface area contributed by atoms with Crippen LogP contribution in [0.4, 0.5) is 5.69 Å². The minimum Gasteiger partial charge on any atom is -0.448 e. The lowest BCUT2D eigenvalue weighted by molar-refractivity contribution is -0.123. The van der Waals surface area contributed by atoms with Crippen molar-refractivity contribution >= 4 is 39.1 Å². The van der Waals surface area contributed by atoms with Gasteiger partial charge in [-0.2, -0.15) is 0 Å². The van der Waals surface area contributed by atoms with Crippen LogP contribution >= 0.6 is 11.3 Å². The minimum absolute atomic E-state index is 0.111. The fourth-order valence-electron chi connectivity index (χ4n) is 3.50. The molecule has 1 aromatic carbocycles. The maximum atomic E-state index is 12.8. The van der Waals surface area contributed by atoms with E-state index in [0.717, 1.165) is 35.6 Å². The molecule has 1 aliphatic rings. The number of aryl methyl sites for hydroxylation is 3. The van der Waals surface area contributed by atoms with E-state index in [1.54, 1.807) is 17.6 Å². The highest BCUT2D eigenvalue weighted by atomic mass is 32.1. The quantitative estimate of drug-likeness (QED) is 0.666. The lowest BCUT2D eigenvalue weighted by Crippen LogP contribution is -2.30. The molecule has 0 saturated heterocycles. The van der Waals surface area contributed by atoms with E-state index >= 15 is 0 Å². The first-order chi connectivity index (χ1) is 13.8. The number of esters is 1. The van der Waals surface area contributed by atoms with Crippen LogP contribution in [0.1, 0.15) is 40.0 Å². The van der Waals surface area contributed by atoms with E-state index in [1.165, 1.54) is 6.92 Å². The number of rotatable bonds is 4. The van der Waals surface area contributed by atoms with Gasteiger partial charge in [0.2, 0.25) is 0 Å². The van der Waals surface area contributed by atoms with Gasteiger partial charge in [-0.15, -0.1) is 11.3 Å². The van der Waals surface area contributed by atoms with Crippen LogP contribution in [-0.4, -0.2) is 27.5 Å². The molecule has 0 saturated carbocycles. The molecule has 3 heterocycles. The molecule has 0 fully saturated rings. The van der Waals surface area contributed by atoms with Gasteiger partial charge in [0, 0.05) is 18.7 Å². The number of hydrogen-bond donors (Lipinski definition) is 1. The molecule has 150 valence electrons. The number of ether oxygens (including phenoxy) is 1. The van der Waals surface area contributed by atoms with Crippen molar-refractivity contribution < 1.29 is 14.3 Å². The van der Waals surface area contributed by atoms with Crippen molar-refractivity contribution in [2.45, 2.75) is 46.3 Å². The van der Waals surface area contributed by atoms with E-state index < -0.39 is 18.0 Å². The van der Waals surface area contributed by atoms with E-state index in [0.29, 0.717) is 32.9 Å². The van der Waals surface area contributed by atoms with Gasteiger partial charge in [0.1, 0.15) is 15.5 Å². The molecular formula is C21H21N3O4S. The molecule has 7 nitrogen and oxygen atoms in total. The molecule has 3 aromatic rings. The van der Waals surface area contributed by atoms with Crippen LogP contribution in [0.25, 0.3) is 10.2 Å². The Bertz CT molecular complexity index is 1190. The van der Waals surface area contributed by atoms with E-state index in [-0.39, 0.29) is 5.56 Å². The van der Waals surface area contributed by atoms with Gasteiger partial charge in [0.15, 0.2) is 6.10 Å². The first-order valence-electron chi connectivity index (χ1n) is 9.46. The fourth-order valence-corrected chi connectivity index (χ4v) is 4.58. The zero-order valence-corrected chi connectivity index (χ0v) is 17.3. The van der Waals surface area contributed by atoms with Crippen molar-refractivity contribution in [2.75, 3.05) is 5.32 Å². The Morgan fingerprint density at radius 2 is 2.10 bits per heavy atom. The molecule has 1 N–H and O–H groups in total. The summed E-state index contributed by atoms with van der Waals surface area (Å²) in [4.78, 5) is 43.2. The lowest BCUT2D eigenvalue weighted by Gasteiger charge is -2.13. The Morgan fingerprint density at radius 3 is 2.86 bits per heavy atom. The molecular weight excluding hydrogens is 390 g/mol. The minimum atomic E-state index is -0.980. The van der Waals surface area contributed by atoms with Crippen LogP contribution in [0, 0.1) is 13.8 Å². The molecule has 0 radical (unpaired) electrons. The van der Waals surface area contributed by atoms with Crippen LogP contribution in [-0.2, 0) is 22.5 Å². The largest absolute Gasteiger partial charge is 0.448 e. The lowest BCUT2D eigenvalue weighted by atomic mass is 10.2. The molecule has 1 aliphatic heterocycles. The van der Waals surface area contributed by atoms with Crippen molar-refractivity contribution in [1.82, 2.24) is 9.55 Å². The topological polar surface area (TPSA) is 90.3 Å². The number of amides is 1. The zero-order chi connectivity index (χ0) is 20.7. The predicted molar refractivity (Wildman–Crippen MR) is 112 cm³/mol. The number of carbonyl (C=O) groups excluding carboxylic acids is 2. The summed E-state index contributed by atoms with van der Waals surface area (Å²) < 4.78 is 7.05. The number of benzene rings is 1. The molecule has 2 aromatic heterocycles. The highest BCUT2D eigenvalue weighted by molar-refractivity contribution is 7.20. The molecule has 1 atom stereocenters. The van der Waals surface area contributed by atoms with Gasteiger partial charge in [-0.3, -0.25) is 14.2 Å². The maximum absolute atomic E-state index is 12.8. The molecule has 0 aliphatic carbocycles. The van der Waals surface area contributed by atoms with Crippen LogP contribution in [0.3, 0.4) is 0 Å². The van der Waals surface area contributed by atoms with Crippen LogP contribution in [0.5, 0.6) is 0 Å². The first-order valence-corrected chi connectivity index (χ1v) is 10.3. The Kier molecular flexibility index (Phi) is 4.96. The van der Waals surface area contributed by atoms with Gasteiger partial charge in [-0.25, -0.2) is 9.78 Å². The number of aromatic nitrogens is 2. The molecule has 0 bridgehead atoms. The molecule has 8 heteroatoms. The highest BCUT2D eigenvalue weighted by Gasteiger charge is 2.26. The average molecular weight is 411 g/mol. The molecule has 0 unspecified atom stereocenters. The van der Waals surface area contributed by atoms with Crippen molar-refractivity contribution in [3.63, 3.8) is 0 Å². The second kappa shape index (κ2) is 7.44. The SMILES string of the molecule is Cc1cccc(NC(=O)[C@@H](C)OC(=O)c2sc3nc4n(c(=O)c3c2C)CCC4)c1. The van der Waals surface area contributed by atoms with E-state index in [2.05, 4.69) is 10.3 Å². The van der Waals surface area contributed by atoms with Crippen molar-refractivity contribution in [3.8, 4) is 0 Å². The van der Waals surface area contributed by atoms with Gasteiger partial charge < -0.3 is 10.1 Å². The third-order valence-corrected chi connectivity index (χ3v) is 6.20. The van der Waals surface area contributed by atoms with Gasteiger partial charge >= 0.3 is 5.97 Å². The number of hydrogen-bond acceptors (Lipinski definition) is 6.